The molecule has 0 aliphatic carbocycles. The van der Waals surface area contributed by atoms with Gasteiger partial charge in [0.2, 0.25) is 0 Å². The maximum atomic E-state index is 9.04. The Morgan fingerprint density at radius 3 is 2.77 bits per heavy atom. The molecule has 0 radical (unpaired) electrons. The number of nitrogens with zero attached hydrogens (tertiary/aromatic N) is 2. The van der Waals surface area contributed by atoms with Crippen molar-refractivity contribution in [2.75, 3.05) is 6.61 Å². The van der Waals surface area contributed by atoms with E-state index in [4.69, 9.17) is 14.3 Å². The van der Waals surface area contributed by atoms with E-state index in [9.17, 15) is 0 Å². The van der Waals surface area contributed by atoms with Crippen molar-refractivity contribution < 1.29 is 14.3 Å². The van der Waals surface area contributed by atoms with Gasteiger partial charge in [-0.2, -0.15) is 5.10 Å². The van der Waals surface area contributed by atoms with E-state index in [1.54, 1.807) is 6.07 Å². The molecule has 2 aromatic rings. The second-order valence-electron chi connectivity index (χ2n) is 5.80. The highest BCUT2D eigenvalue weighted by Gasteiger charge is 2.33. The van der Waals surface area contributed by atoms with E-state index < -0.39 is 0 Å². The third-order valence-corrected chi connectivity index (χ3v) is 4.35. The lowest BCUT2D eigenvalue weighted by molar-refractivity contribution is 0.0970. The van der Waals surface area contributed by atoms with Crippen LogP contribution in [0.4, 0.5) is 0 Å². The molecule has 120 valence electrons. The summed E-state index contributed by atoms with van der Waals surface area (Å²) in [5, 5.41) is 17.0. The van der Waals surface area contributed by atoms with Crippen molar-refractivity contribution in [2.24, 2.45) is 7.05 Å². The number of aliphatic hydroxyl groups is 1. The number of hydrogen-bond acceptors (Lipinski definition) is 5. The van der Waals surface area contributed by atoms with Crippen LogP contribution in [-0.4, -0.2) is 27.5 Å². The zero-order chi connectivity index (χ0) is 15.7. The topological polar surface area (TPSA) is 72.5 Å². The summed E-state index contributed by atoms with van der Waals surface area (Å²) in [7, 11) is 1.96. The highest BCUT2D eigenvalue weighted by atomic mass is 16.5. The lowest BCUT2D eigenvalue weighted by Gasteiger charge is -2.20. The van der Waals surface area contributed by atoms with Gasteiger partial charge in [-0.15, -0.1) is 0 Å². The van der Waals surface area contributed by atoms with Crippen LogP contribution in [0.25, 0.3) is 0 Å². The minimum Gasteiger partial charge on any atom is -0.462 e. The van der Waals surface area contributed by atoms with E-state index in [0.717, 1.165) is 30.2 Å². The summed E-state index contributed by atoms with van der Waals surface area (Å²) in [6.45, 7) is 5.41. The highest BCUT2D eigenvalue weighted by Crippen LogP contribution is 2.33. The predicted molar refractivity (Wildman–Crippen MR) is 81.3 cm³/mol. The SMILES string of the molecule is Cc1nn(C)c(C)c1[C@H]1OCC[C@@H]1NCc1ccc(CO)o1. The Hall–Kier alpha value is -1.63. The van der Waals surface area contributed by atoms with Crippen LogP contribution < -0.4 is 5.32 Å². The zero-order valence-electron chi connectivity index (χ0n) is 13.3. The third kappa shape index (κ3) is 2.82. The molecule has 3 rings (SSSR count). The van der Waals surface area contributed by atoms with Crippen molar-refractivity contribution in [1.82, 2.24) is 15.1 Å². The molecule has 0 aromatic carbocycles. The molecule has 0 saturated carbocycles. The van der Waals surface area contributed by atoms with E-state index in [-0.39, 0.29) is 18.8 Å². The first kappa shape index (κ1) is 15.3. The quantitative estimate of drug-likeness (QED) is 0.880. The summed E-state index contributed by atoms with van der Waals surface area (Å²) in [5.74, 6) is 1.42. The van der Waals surface area contributed by atoms with Crippen LogP contribution in [0.2, 0.25) is 0 Å². The van der Waals surface area contributed by atoms with Crippen LogP contribution >= 0.6 is 0 Å². The van der Waals surface area contributed by atoms with Crippen LogP contribution in [-0.2, 0) is 24.9 Å². The molecule has 0 unspecified atom stereocenters. The van der Waals surface area contributed by atoms with Crippen LogP contribution in [0, 0.1) is 13.8 Å². The minimum absolute atomic E-state index is 0.0287. The molecular weight excluding hydrogens is 282 g/mol. The van der Waals surface area contributed by atoms with Crippen LogP contribution in [0.5, 0.6) is 0 Å². The van der Waals surface area contributed by atoms with Crippen molar-refractivity contribution in [2.45, 2.75) is 45.6 Å². The standard InChI is InChI=1S/C16H23N3O3/c1-10-15(11(2)19(3)18-10)16-14(6-7-21-16)17-8-12-4-5-13(9-20)22-12/h4-5,14,16-17,20H,6-9H2,1-3H3/t14-,16-/m0/s1. The average molecular weight is 305 g/mol. The number of aliphatic hydroxyl groups excluding tert-OH is 1. The van der Waals surface area contributed by atoms with E-state index in [1.165, 1.54) is 5.56 Å². The predicted octanol–water partition coefficient (Wildman–Crippen LogP) is 1.74. The Morgan fingerprint density at radius 1 is 1.36 bits per heavy atom. The Balaban J connectivity index is 1.70. The molecule has 2 atom stereocenters. The Labute approximate surface area is 130 Å². The fourth-order valence-corrected chi connectivity index (χ4v) is 3.12. The molecule has 1 fully saturated rings. The monoisotopic (exact) mass is 305 g/mol. The number of rotatable bonds is 5. The minimum atomic E-state index is -0.0662. The first-order valence-corrected chi connectivity index (χ1v) is 7.63. The molecule has 2 N–H and O–H groups in total. The first-order valence-electron chi connectivity index (χ1n) is 7.63. The molecule has 0 spiro atoms. The van der Waals surface area contributed by atoms with E-state index in [1.807, 2.05) is 24.7 Å². The van der Waals surface area contributed by atoms with Gasteiger partial charge in [0.05, 0.1) is 12.2 Å². The highest BCUT2D eigenvalue weighted by molar-refractivity contribution is 5.29. The zero-order valence-corrected chi connectivity index (χ0v) is 13.3. The van der Waals surface area contributed by atoms with Crippen molar-refractivity contribution in [1.29, 1.82) is 0 Å². The lowest BCUT2D eigenvalue weighted by Crippen LogP contribution is -2.31. The van der Waals surface area contributed by atoms with Gasteiger partial charge >= 0.3 is 0 Å². The maximum Gasteiger partial charge on any atom is 0.129 e. The van der Waals surface area contributed by atoms with Crippen molar-refractivity contribution in [3.63, 3.8) is 0 Å². The molecule has 6 nitrogen and oxygen atoms in total. The number of aromatic nitrogens is 2. The smallest absolute Gasteiger partial charge is 0.129 e. The second-order valence-corrected chi connectivity index (χ2v) is 5.80. The number of aryl methyl sites for hydroxylation is 2. The van der Waals surface area contributed by atoms with Gasteiger partial charge in [-0.25, -0.2) is 0 Å². The van der Waals surface area contributed by atoms with Gasteiger partial charge in [0, 0.05) is 31.0 Å². The van der Waals surface area contributed by atoms with E-state index in [2.05, 4.69) is 17.3 Å². The van der Waals surface area contributed by atoms with Crippen LogP contribution in [0.15, 0.2) is 16.5 Å². The van der Waals surface area contributed by atoms with Crippen molar-refractivity contribution in [3.8, 4) is 0 Å². The third-order valence-electron chi connectivity index (χ3n) is 4.35. The molecule has 2 aromatic heterocycles. The molecular formula is C16H23N3O3. The van der Waals surface area contributed by atoms with Gasteiger partial charge in [0.15, 0.2) is 0 Å². The van der Waals surface area contributed by atoms with E-state index >= 15 is 0 Å². The van der Waals surface area contributed by atoms with Crippen LogP contribution in [0.1, 0.15) is 41.0 Å². The summed E-state index contributed by atoms with van der Waals surface area (Å²) in [4.78, 5) is 0. The number of furan rings is 1. The van der Waals surface area contributed by atoms with Gasteiger partial charge in [0.1, 0.15) is 24.2 Å². The fourth-order valence-electron chi connectivity index (χ4n) is 3.12. The van der Waals surface area contributed by atoms with Gasteiger partial charge in [0.25, 0.3) is 0 Å². The molecule has 22 heavy (non-hydrogen) atoms. The normalized spacial score (nSPS) is 21.6. The Bertz CT molecular complexity index is 647. The maximum absolute atomic E-state index is 9.04. The largest absolute Gasteiger partial charge is 0.462 e. The summed E-state index contributed by atoms with van der Waals surface area (Å²) in [6.07, 6.45) is 0.993. The van der Waals surface area contributed by atoms with E-state index in [0.29, 0.717) is 12.3 Å². The average Bonchev–Trinajstić information content (AvgIpc) is 3.18. The molecule has 0 bridgehead atoms. The molecule has 1 saturated heterocycles. The number of ether oxygens (including phenoxy) is 1. The van der Waals surface area contributed by atoms with Crippen molar-refractivity contribution in [3.05, 3.63) is 40.6 Å². The number of hydrogen-bond donors (Lipinski definition) is 2. The molecule has 3 heterocycles. The van der Waals surface area contributed by atoms with Gasteiger partial charge in [-0.1, -0.05) is 0 Å². The summed E-state index contributed by atoms with van der Waals surface area (Å²) in [6, 6.07) is 3.93. The Morgan fingerprint density at radius 2 is 2.14 bits per heavy atom. The summed E-state index contributed by atoms with van der Waals surface area (Å²) < 4.78 is 13.4. The van der Waals surface area contributed by atoms with Crippen LogP contribution in [0.3, 0.4) is 0 Å². The molecule has 6 heteroatoms. The van der Waals surface area contributed by atoms with Gasteiger partial charge in [-0.3, -0.25) is 4.68 Å². The molecule has 1 aliphatic rings. The molecule has 0 amide bonds. The molecule has 1 aliphatic heterocycles. The Kier molecular flexibility index (Phi) is 4.33. The van der Waals surface area contributed by atoms with Crippen molar-refractivity contribution >= 4 is 0 Å². The number of nitrogens with one attached hydrogen (secondary N) is 1. The fraction of sp³-hybridized carbons (Fsp3) is 0.562. The lowest BCUT2D eigenvalue weighted by atomic mass is 10.0. The van der Waals surface area contributed by atoms with Gasteiger partial charge in [-0.05, 0) is 32.4 Å². The van der Waals surface area contributed by atoms with Gasteiger partial charge < -0.3 is 19.6 Å². The second kappa shape index (κ2) is 6.24. The summed E-state index contributed by atoms with van der Waals surface area (Å²) in [5.41, 5.74) is 3.36. The first-order chi connectivity index (χ1) is 10.6. The summed E-state index contributed by atoms with van der Waals surface area (Å²) >= 11 is 0.